The van der Waals surface area contributed by atoms with Gasteiger partial charge in [0.05, 0.1) is 10.9 Å². The number of ether oxygens (including phenoxy) is 1. The van der Waals surface area contributed by atoms with Crippen molar-refractivity contribution in [2.75, 3.05) is 0 Å². The van der Waals surface area contributed by atoms with E-state index in [4.69, 9.17) is 4.74 Å². The van der Waals surface area contributed by atoms with E-state index in [1.807, 2.05) is 27.7 Å². The standard InChI is InChI=1S/C18H22N2O4/c1-10(2)20(11(3)4)18(23)17(22)13-9-19-14-7-6-8-15(16(13)14)24-12(5)21/h6-11,19H,1-5H3. The number of benzene rings is 1. The van der Waals surface area contributed by atoms with Crippen LogP contribution in [0.25, 0.3) is 10.9 Å². The topological polar surface area (TPSA) is 79.5 Å². The van der Waals surface area contributed by atoms with Gasteiger partial charge in [-0.3, -0.25) is 14.4 Å². The maximum atomic E-state index is 12.8. The Morgan fingerprint density at radius 2 is 1.71 bits per heavy atom. The number of esters is 1. The molecule has 0 aliphatic heterocycles. The van der Waals surface area contributed by atoms with Crippen LogP contribution >= 0.6 is 0 Å². The van der Waals surface area contributed by atoms with Crippen molar-refractivity contribution in [2.24, 2.45) is 0 Å². The van der Waals surface area contributed by atoms with Crippen molar-refractivity contribution in [3.8, 4) is 5.75 Å². The summed E-state index contributed by atoms with van der Waals surface area (Å²) in [5, 5.41) is 0.443. The van der Waals surface area contributed by atoms with Crippen molar-refractivity contribution in [1.82, 2.24) is 9.88 Å². The number of hydrogen-bond donors (Lipinski definition) is 1. The first-order chi connectivity index (χ1) is 11.2. The highest BCUT2D eigenvalue weighted by atomic mass is 16.5. The Bertz CT molecular complexity index is 781. The fourth-order valence-corrected chi connectivity index (χ4v) is 2.87. The van der Waals surface area contributed by atoms with Crippen molar-refractivity contribution in [3.05, 3.63) is 30.0 Å². The number of carbonyl (C=O) groups is 3. The fraction of sp³-hybridized carbons (Fsp3) is 0.389. The lowest BCUT2D eigenvalue weighted by Gasteiger charge is -2.29. The van der Waals surface area contributed by atoms with Crippen LogP contribution in [0.5, 0.6) is 5.75 Å². The molecule has 0 aliphatic rings. The summed E-state index contributed by atoms with van der Waals surface area (Å²) in [5.74, 6) is -1.42. The normalized spacial score (nSPS) is 11.1. The van der Waals surface area contributed by atoms with Gasteiger partial charge in [-0.1, -0.05) is 6.07 Å². The average Bonchev–Trinajstić information content (AvgIpc) is 2.90. The predicted octanol–water partition coefficient (Wildman–Crippen LogP) is 2.92. The van der Waals surface area contributed by atoms with Crippen LogP contribution in [0.2, 0.25) is 0 Å². The molecule has 0 unspecified atom stereocenters. The van der Waals surface area contributed by atoms with Crippen LogP contribution in [0, 0.1) is 0 Å². The number of fused-ring (bicyclic) bond motifs is 1. The molecule has 0 bridgehead atoms. The van der Waals surface area contributed by atoms with Gasteiger partial charge in [0.2, 0.25) is 0 Å². The number of ketones is 1. The summed E-state index contributed by atoms with van der Waals surface area (Å²) in [6.07, 6.45) is 1.48. The number of rotatable bonds is 5. The molecule has 0 saturated carbocycles. The van der Waals surface area contributed by atoms with E-state index in [1.165, 1.54) is 18.0 Å². The Hall–Kier alpha value is -2.63. The van der Waals surface area contributed by atoms with Crippen molar-refractivity contribution in [1.29, 1.82) is 0 Å². The highest BCUT2D eigenvalue weighted by Crippen LogP contribution is 2.29. The van der Waals surface area contributed by atoms with Crippen LogP contribution in [0.3, 0.4) is 0 Å². The molecule has 128 valence electrons. The van der Waals surface area contributed by atoms with Crippen LogP contribution in [0.4, 0.5) is 0 Å². The number of aromatic amines is 1. The zero-order valence-corrected chi connectivity index (χ0v) is 14.5. The summed E-state index contributed by atoms with van der Waals surface area (Å²) >= 11 is 0. The molecule has 0 saturated heterocycles. The van der Waals surface area contributed by atoms with Crippen LogP contribution < -0.4 is 4.74 Å². The van der Waals surface area contributed by atoms with E-state index in [0.29, 0.717) is 10.9 Å². The Labute approximate surface area is 140 Å². The van der Waals surface area contributed by atoms with Crippen LogP contribution in [-0.4, -0.2) is 39.6 Å². The Balaban J connectivity index is 2.50. The molecule has 1 aromatic carbocycles. The maximum absolute atomic E-state index is 12.8. The third-order valence-corrected chi connectivity index (χ3v) is 3.71. The number of nitrogens with one attached hydrogen (secondary N) is 1. The Morgan fingerprint density at radius 3 is 2.25 bits per heavy atom. The first-order valence-electron chi connectivity index (χ1n) is 7.89. The van der Waals surface area contributed by atoms with E-state index in [9.17, 15) is 14.4 Å². The minimum Gasteiger partial charge on any atom is -0.426 e. The molecular formula is C18H22N2O4. The van der Waals surface area contributed by atoms with Crippen LogP contribution in [0.15, 0.2) is 24.4 Å². The molecule has 1 aromatic heterocycles. The molecule has 0 radical (unpaired) electrons. The lowest BCUT2D eigenvalue weighted by atomic mass is 10.1. The zero-order valence-electron chi connectivity index (χ0n) is 14.5. The third-order valence-electron chi connectivity index (χ3n) is 3.71. The lowest BCUT2D eigenvalue weighted by Crippen LogP contribution is -2.45. The largest absolute Gasteiger partial charge is 0.426 e. The van der Waals surface area contributed by atoms with Crippen molar-refractivity contribution in [2.45, 2.75) is 46.7 Å². The Morgan fingerprint density at radius 1 is 1.08 bits per heavy atom. The first kappa shape index (κ1) is 17.7. The number of aromatic nitrogens is 1. The van der Waals surface area contributed by atoms with Gasteiger partial charge in [-0.15, -0.1) is 0 Å². The summed E-state index contributed by atoms with van der Waals surface area (Å²) in [7, 11) is 0. The second-order valence-corrected chi connectivity index (χ2v) is 6.20. The molecule has 6 nitrogen and oxygen atoms in total. The van der Waals surface area contributed by atoms with Crippen molar-refractivity contribution >= 4 is 28.6 Å². The summed E-state index contributed by atoms with van der Waals surface area (Å²) in [5.41, 5.74) is 0.837. The molecule has 2 rings (SSSR count). The number of amides is 1. The van der Waals surface area contributed by atoms with Crippen LogP contribution in [-0.2, 0) is 9.59 Å². The van der Waals surface area contributed by atoms with Gasteiger partial charge >= 0.3 is 5.97 Å². The van der Waals surface area contributed by atoms with Gasteiger partial charge in [-0.05, 0) is 39.8 Å². The molecule has 1 amide bonds. The minimum absolute atomic E-state index is 0.0976. The monoisotopic (exact) mass is 330 g/mol. The van der Waals surface area contributed by atoms with E-state index in [-0.39, 0.29) is 23.4 Å². The smallest absolute Gasteiger partial charge is 0.308 e. The second-order valence-electron chi connectivity index (χ2n) is 6.20. The van der Waals surface area contributed by atoms with Crippen molar-refractivity contribution in [3.63, 3.8) is 0 Å². The number of H-pyrrole nitrogens is 1. The minimum atomic E-state index is -0.622. The van der Waals surface area contributed by atoms with Crippen molar-refractivity contribution < 1.29 is 19.1 Å². The quantitative estimate of drug-likeness (QED) is 0.396. The summed E-state index contributed by atoms with van der Waals surface area (Å²) in [4.78, 5) is 41.2. The number of hydrogen-bond acceptors (Lipinski definition) is 4. The third kappa shape index (κ3) is 3.32. The molecule has 0 aliphatic carbocycles. The molecule has 0 atom stereocenters. The molecule has 2 aromatic rings. The van der Waals surface area contributed by atoms with Gasteiger partial charge in [0.25, 0.3) is 11.7 Å². The summed E-state index contributed by atoms with van der Waals surface area (Å²) < 4.78 is 5.18. The Kier molecular flexibility index (Phi) is 5.07. The van der Waals surface area contributed by atoms with Gasteiger partial charge in [0.1, 0.15) is 5.75 Å². The molecular weight excluding hydrogens is 308 g/mol. The SMILES string of the molecule is CC(=O)Oc1cccc2[nH]cc(C(=O)C(=O)N(C(C)C)C(C)C)c12. The molecule has 24 heavy (non-hydrogen) atoms. The molecule has 0 fully saturated rings. The van der Waals surface area contributed by atoms with E-state index in [2.05, 4.69) is 4.98 Å². The fourth-order valence-electron chi connectivity index (χ4n) is 2.87. The first-order valence-corrected chi connectivity index (χ1v) is 7.89. The van der Waals surface area contributed by atoms with Gasteiger partial charge < -0.3 is 14.6 Å². The van der Waals surface area contributed by atoms with E-state index >= 15 is 0 Å². The highest BCUT2D eigenvalue weighted by Gasteiger charge is 2.29. The number of Topliss-reactive ketones (excluding diaryl/α,β-unsaturated/α-hetero) is 1. The molecule has 6 heteroatoms. The van der Waals surface area contributed by atoms with Crippen LogP contribution in [0.1, 0.15) is 45.0 Å². The maximum Gasteiger partial charge on any atom is 0.308 e. The summed E-state index contributed by atoms with van der Waals surface area (Å²) in [6.45, 7) is 8.75. The number of carbonyl (C=O) groups excluding carboxylic acids is 3. The molecule has 0 spiro atoms. The average molecular weight is 330 g/mol. The van der Waals surface area contributed by atoms with E-state index in [0.717, 1.165) is 0 Å². The van der Waals surface area contributed by atoms with Gasteiger partial charge in [0, 0.05) is 30.7 Å². The number of nitrogens with zero attached hydrogens (tertiary/aromatic N) is 1. The molecule has 1 heterocycles. The summed E-state index contributed by atoms with van der Waals surface area (Å²) in [6, 6.07) is 4.87. The lowest BCUT2D eigenvalue weighted by molar-refractivity contribution is -0.132. The van der Waals surface area contributed by atoms with Gasteiger partial charge in [-0.25, -0.2) is 0 Å². The van der Waals surface area contributed by atoms with E-state index < -0.39 is 17.7 Å². The van der Waals surface area contributed by atoms with Gasteiger partial charge in [0.15, 0.2) is 0 Å². The van der Waals surface area contributed by atoms with Gasteiger partial charge in [-0.2, -0.15) is 0 Å². The molecule has 1 N–H and O–H groups in total. The predicted molar refractivity (Wildman–Crippen MR) is 91.1 cm³/mol. The second kappa shape index (κ2) is 6.86. The highest BCUT2D eigenvalue weighted by molar-refractivity contribution is 6.45. The van der Waals surface area contributed by atoms with E-state index in [1.54, 1.807) is 18.2 Å². The zero-order chi connectivity index (χ0) is 18.0.